The van der Waals surface area contributed by atoms with Crippen molar-refractivity contribution in [3.8, 4) is 0 Å². The molecule has 0 aromatic carbocycles. The summed E-state index contributed by atoms with van der Waals surface area (Å²) in [4.78, 5) is 24.0. The normalized spacial score (nSPS) is 12.9. The summed E-state index contributed by atoms with van der Waals surface area (Å²) in [6.07, 6.45) is 1.01. The van der Waals surface area contributed by atoms with Crippen molar-refractivity contribution in [2.24, 2.45) is 5.92 Å². The van der Waals surface area contributed by atoms with Crippen LogP contribution in [-0.2, 0) is 24.2 Å². The van der Waals surface area contributed by atoms with Crippen molar-refractivity contribution in [2.75, 3.05) is 32.7 Å². The number of hydrogen-bond acceptors (Lipinski definition) is 5. The summed E-state index contributed by atoms with van der Waals surface area (Å²) >= 11 is 0. The molecular formula is C10H19NO5S. The Hall–Kier alpha value is -1.11. The standard InChI is InChI=1S/C10H19NO5S/c1-8(10(13)16-3)7-11(2)9(12)5-6-17(4,14)15/h8H,5-7H2,1-4H3. The van der Waals surface area contributed by atoms with E-state index in [4.69, 9.17) is 0 Å². The molecule has 0 spiro atoms. The van der Waals surface area contributed by atoms with Crippen LogP contribution in [0.4, 0.5) is 0 Å². The van der Waals surface area contributed by atoms with Gasteiger partial charge in [-0.1, -0.05) is 6.92 Å². The minimum Gasteiger partial charge on any atom is -0.469 e. The highest BCUT2D eigenvalue weighted by Gasteiger charge is 2.19. The molecule has 0 saturated heterocycles. The summed E-state index contributed by atoms with van der Waals surface area (Å²) in [7, 11) is -0.327. The Kier molecular flexibility index (Phi) is 6.15. The average Bonchev–Trinajstić information content (AvgIpc) is 2.23. The summed E-state index contributed by atoms with van der Waals surface area (Å²) in [5, 5.41) is 0. The Morgan fingerprint density at radius 2 is 1.88 bits per heavy atom. The minimum atomic E-state index is -3.14. The zero-order chi connectivity index (χ0) is 13.6. The van der Waals surface area contributed by atoms with Crippen LogP contribution in [0.15, 0.2) is 0 Å². The van der Waals surface area contributed by atoms with Crippen LogP contribution >= 0.6 is 0 Å². The van der Waals surface area contributed by atoms with Gasteiger partial charge in [-0.15, -0.1) is 0 Å². The molecule has 0 N–H and O–H groups in total. The van der Waals surface area contributed by atoms with Gasteiger partial charge in [-0.3, -0.25) is 9.59 Å². The Bertz CT molecular complexity index is 376. The molecule has 17 heavy (non-hydrogen) atoms. The fourth-order valence-corrected chi connectivity index (χ4v) is 1.80. The van der Waals surface area contributed by atoms with E-state index >= 15 is 0 Å². The van der Waals surface area contributed by atoms with Crippen molar-refractivity contribution in [3.05, 3.63) is 0 Å². The first-order valence-corrected chi connectivity index (χ1v) is 7.23. The molecule has 6 nitrogen and oxygen atoms in total. The van der Waals surface area contributed by atoms with E-state index in [2.05, 4.69) is 4.74 Å². The minimum absolute atomic E-state index is 0.0662. The van der Waals surface area contributed by atoms with Gasteiger partial charge in [0.05, 0.1) is 18.8 Å². The number of esters is 1. The molecule has 100 valence electrons. The highest BCUT2D eigenvalue weighted by Crippen LogP contribution is 2.03. The van der Waals surface area contributed by atoms with E-state index in [1.807, 2.05) is 0 Å². The Morgan fingerprint density at radius 1 is 1.35 bits per heavy atom. The van der Waals surface area contributed by atoms with E-state index < -0.39 is 21.7 Å². The Balaban J connectivity index is 4.19. The van der Waals surface area contributed by atoms with E-state index in [0.29, 0.717) is 0 Å². The quantitative estimate of drug-likeness (QED) is 0.615. The van der Waals surface area contributed by atoms with Crippen molar-refractivity contribution in [1.29, 1.82) is 0 Å². The van der Waals surface area contributed by atoms with Crippen LogP contribution in [-0.4, -0.2) is 57.9 Å². The molecule has 0 aromatic rings. The third-order valence-electron chi connectivity index (χ3n) is 2.26. The van der Waals surface area contributed by atoms with Crippen molar-refractivity contribution < 1.29 is 22.7 Å². The van der Waals surface area contributed by atoms with Gasteiger partial charge < -0.3 is 9.64 Å². The molecule has 0 radical (unpaired) electrons. The summed E-state index contributed by atoms with van der Waals surface area (Å²) in [5.41, 5.74) is 0. The van der Waals surface area contributed by atoms with Crippen LogP contribution in [0.3, 0.4) is 0 Å². The summed E-state index contributed by atoms with van der Waals surface area (Å²) in [5.74, 6) is -1.30. The fraction of sp³-hybridized carbons (Fsp3) is 0.800. The molecule has 0 heterocycles. The lowest BCUT2D eigenvalue weighted by molar-refractivity contribution is -0.146. The lowest BCUT2D eigenvalue weighted by Gasteiger charge is -2.20. The lowest BCUT2D eigenvalue weighted by atomic mass is 10.1. The van der Waals surface area contributed by atoms with E-state index in [-0.39, 0.29) is 24.6 Å². The second-order valence-corrected chi connectivity index (χ2v) is 6.34. The van der Waals surface area contributed by atoms with Crippen molar-refractivity contribution in [1.82, 2.24) is 4.90 Å². The van der Waals surface area contributed by atoms with Crippen molar-refractivity contribution in [3.63, 3.8) is 0 Å². The zero-order valence-electron chi connectivity index (χ0n) is 10.6. The van der Waals surface area contributed by atoms with Gasteiger partial charge in [0, 0.05) is 26.3 Å². The van der Waals surface area contributed by atoms with Crippen LogP contribution in [0.25, 0.3) is 0 Å². The first-order chi connectivity index (χ1) is 7.67. The second-order valence-electron chi connectivity index (χ2n) is 4.08. The highest BCUT2D eigenvalue weighted by atomic mass is 32.2. The van der Waals surface area contributed by atoms with Crippen molar-refractivity contribution >= 4 is 21.7 Å². The molecule has 1 amide bonds. The number of methoxy groups -OCH3 is 1. The molecule has 0 aliphatic carbocycles. The maximum Gasteiger partial charge on any atom is 0.310 e. The molecule has 0 fully saturated rings. The lowest BCUT2D eigenvalue weighted by Crippen LogP contribution is -2.34. The Labute approximate surface area is 102 Å². The molecule has 1 atom stereocenters. The van der Waals surface area contributed by atoms with Crippen LogP contribution in [0.2, 0.25) is 0 Å². The van der Waals surface area contributed by atoms with E-state index in [9.17, 15) is 18.0 Å². The van der Waals surface area contributed by atoms with Gasteiger partial charge in [0.1, 0.15) is 9.84 Å². The van der Waals surface area contributed by atoms with Crippen molar-refractivity contribution in [2.45, 2.75) is 13.3 Å². The van der Waals surface area contributed by atoms with Gasteiger partial charge in [0.2, 0.25) is 5.91 Å². The van der Waals surface area contributed by atoms with Crippen LogP contribution in [0.5, 0.6) is 0 Å². The first-order valence-electron chi connectivity index (χ1n) is 5.17. The molecular weight excluding hydrogens is 246 g/mol. The molecule has 1 unspecified atom stereocenters. The van der Waals surface area contributed by atoms with E-state index in [1.165, 1.54) is 19.1 Å². The van der Waals surface area contributed by atoms with Gasteiger partial charge in [0.15, 0.2) is 0 Å². The van der Waals surface area contributed by atoms with Crippen LogP contribution < -0.4 is 0 Å². The van der Waals surface area contributed by atoms with Gasteiger partial charge in [-0.05, 0) is 0 Å². The molecule has 0 aromatic heterocycles. The number of ether oxygens (including phenoxy) is 1. The van der Waals surface area contributed by atoms with E-state index in [0.717, 1.165) is 6.26 Å². The number of hydrogen-bond donors (Lipinski definition) is 0. The first kappa shape index (κ1) is 15.9. The Morgan fingerprint density at radius 3 is 2.29 bits per heavy atom. The van der Waals surface area contributed by atoms with Gasteiger partial charge >= 0.3 is 5.97 Å². The molecule has 7 heteroatoms. The SMILES string of the molecule is COC(=O)C(C)CN(C)C(=O)CCS(C)(=O)=O. The van der Waals surface area contributed by atoms with Crippen LogP contribution in [0.1, 0.15) is 13.3 Å². The fourth-order valence-electron chi connectivity index (χ4n) is 1.25. The van der Waals surface area contributed by atoms with Gasteiger partial charge in [-0.25, -0.2) is 8.42 Å². The largest absolute Gasteiger partial charge is 0.469 e. The monoisotopic (exact) mass is 265 g/mol. The molecule has 0 aliphatic heterocycles. The van der Waals surface area contributed by atoms with Gasteiger partial charge in [0.25, 0.3) is 0 Å². The maximum absolute atomic E-state index is 11.5. The smallest absolute Gasteiger partial charge is 0.310 e. The molecule has 0 rings (SSSR count). The second kappa shape index (κ2) is 6.58. The van der Waals surface area contributed by atoms with E-state index in [1.54, 1.807) is 6.92 Å². The third-order valence-corrected chi connectivity index (χ3v) is 3.21. The zero-order valence-corrected chi connectivity index (χ0v) is 11.4. The third kappa shape index (κ3) is 6.93. The average molecular weight is 265 g/mol. The molecule has 0 saturated carbocycles. The number of amides is 1. The maximum atomic E-state index is 11.5. The summed E-state index contributed by atoms with van der Waals surface area (Å²) in [6, 6.07) is 0. The number of nitrogens with zero attached hydrogens (tertiary/aromatic N) is 1. The number of carbonyl (C=O) groups is 2. The molecule has 0 aliphatic rings. The topological polar surface area (TPSA) is 80.8 Å². The number of rotatable bonds is 6. The van der Waals surface area contributed by atoms with Gasteiger partial charge in [-0.2, -0.15) is 0 Å². The number of carbonyl (C=O) groups excluding carboxylic acids is 2. The predicted octanol–water partition coefficient (Wildman–Crippen LogP) is -0.311. The number of sulfone groups is 1. The summed E-state index contributed by atoms with van der Waals surface area (Å²) in [6.45, 7) is 1.86. The predicted molar refractivity (Wildman–Crippen MR) is 63.1 cm³/mol. The summed E-state index contributed by atoms with van der Waals surface area (Å²) < 4.78 is 26.3. The molecule has 0 bridgehead atoms. The highest BCUT2D eigenvalue weighted by molar-refractivity contribution is 7.90. The van der Waals surface area contributed by atoms with Crippen LogP contribution in [0, 0.1) is 5.92 Å².